The molecule has 7 nitrogen and oxygen atoms in total. The number of carbonyl (C=O) groups is 3. The number of amides is 2. The lowest BCUT2D eigenvalue weighted by Gasteiger charge is -2.34. The number of carboxylic acid groups (broad SMARTS) is 1. The topological polar surface area (TPSA) is 99.6 Å². The summed E-state index contributed by atoms with van der Waals surface area (Å²) in [5.41, 5.74) is 2.52. The molecule has 186 valence electrons. The summed E-state index contributed by atoms with van der Waals surface area (Å²) in [6, 6.07) is 18.9. The summed E-state index contributed by atoms with van der Waals surface area (Å²) >= 11 is 0. The standard InChI is InChI=1S/C29H31N3O4/c33-27(23-12-13-25-22(17-23)7-4-15-30-25)26-24(20-5-2-1-3-6-20)14-16-32(26)28(34)21-10-8-19(9-11-21)18-31-29(35)36/h1-7,12-13,15,17,19,21,24,26,31H,8-11,14,16,18H2,(H,35,36). The van der Waals surface area contributed by atoms with E-state index in [1.54, 1.807) is 6.20 Å². The van der Waals surface area contributed by atoms with Gasteiger partial charge in [-0.05, 0) is 67.9 Å². The minimum Gasteiger partial charge on any atom is -0.465 e. The Morgan fingerprint density at radius 3 is 2.47 bits per heavy atom. The number of pyridine rings is 1. The maximum Gasteiger partial charge on any atom is 0.404 e. The smallest absolute Gasteiger partial charge is 0.404 e. The molecule has 2 fully saturated rings. The average molecular weight is 486 g/mol. The van der Waals surface area contributed by atoms with E-state index in [9.17, 15) is 14.4 Å². The number of hydrogen-bond donors (Lipinski definition) is 2. The monoisotopic (exact) mass is 485 g/mol. The zero-order chi connectivity index (χ0) is 25.1. The van der Waals surface area contributed by atoms with E-state index in [4.69, 9.17) is 5.11 Å². The Balaban J connectivity index is 1.38. The number of hydrogen-bond acceptors (Lipinski definition) is 4. The third kappa shape index (κ3) is 4.96. The molecule has 5 rings (SSSR count). The number of rotatable bonds is 6. The fourth-order valence-corrected chi connectivity index (χ4v) is 5.89. The van der Waals surface area contributed by atoms with E-state index in [-0.39, 0.29) is 29.4 Å². The third-order valence-corrected chi connectivity index (χ3v) is 7.80. The van der Waals surface area contributed by atoms with Crippen LogP contribution < -0.4 is 5.32 Å². The van der Waals surface area contributed by atoms with Gasteiger partial charge < -0.3 is 15.3 Å². The number of nitrogens with one attached hydrogen (secondary N) is 1. The Kier molecular flexibility index (Phi) is 6.98. The summed E-state index contributed by atoms with van der Waals surface area (Å²) in [6.45, 7) is 0.985. The van der Waals surface area contributed by atoms with Crippen molar-refractivity contribution < 1.29 is 19.5 Å². The highest BCUT2D eigenvalue weighted by Crippen LogP contribution is 2.39. The number of likely N-dealkylation sites (tertiary alicyclic amines) is 1. The van der Waals surface area contributed by atoms with Crippen molar-refractivity contribution in [3.8, 4) is 0 Å². The number of nitrogens with zero attached hydrogens (tertiary/aromatic N) is 2. The van der Waals surface area contributed by atoms with Crippen molar-refractivity contribution in [3.05, 3.63) is 78.0 Å². The van der Waals surface area contributed by atoms with Crippen LogP contribution >= 0.6 is 0 Å². The predicted molar refractivity (Wildman–Crippen MR) is 137 cm³/mol. The molecule has 0 radical (unpaired) electrons. The number of fused-ring (bicyclic) bond motifs is 1. The average Bonchev–Trinajstić information content (AvgIpc) is 3.37. The Bertz CT molecular complexity index is 1250. The van der Waals surface area contributed by atoms with E-state index in [2.05, 4.69) is 10.3 Å². The number of benzene rings is 2. The first kappa shape index (κ1) is 24.0. The molecule has 2 amide bonds. The molecule has 3 aromatic rings. The van der Waals surface area contributed by atoms with Crippen LogP contribution in [0.25, 0.3) is 10.9 Å². The maximum atomic E-state index is 14.0. The van der Waals surface area contributed by atoms with Gasteiger partial charge in [-0.25, -0.2) is 4.79 Å². The van der Waals surface area contributed by atoms with Crippen LogP contribution in [0.15, 0.2) is 66.9 Å². The van der Waals surface area contributed by atoms with Crippen molar-refractivity contribution in [2.24, 2.45) is 11.8 Å². The Hall–Kier alpha value is -3.74. The molecular formula is C29H31N3O4. The fourth-order valence-electron chi connectivity index (χ4n) is 5.89. The minimum atomic E-state index is -1.01. The zero-order valence-electron chi connectivity index (χ0n) is 20.2. The van der Waals surface area contributed by atoms with Gasteiger partial charge >= 0.3 is 6.09 Å². The highest BCUT2D eigenvalue weighted by molar-refractivity contribution is 6.05. The number of carbonyl (C=O) groups excluding carboxylic acids is 2. The summed E-state index contributed by atoms with van der Waals surface area (Å²) in [5.74, 6) is 0.100. The second-order valence-electron chi connectivity index (χ2n) is 9.96. The van der Waals surface area contributed by atoms with Crippen LogP contribution in [0.3, 0.4) is 0 Å². The Morgan fingerprint density at radius 1 is 0.944 bits per heavy atom. The van der Waals surface area contributed by atoms with Gasteiger partial charge in [0.25, 0.3) is 0 Å². The van der Waals surface area contributed by atoms with Gasteiger partial charge in [0, 0.05) is 42.1 Å². The molecule has 2 atom stereocenters. The van der Waals surface area contributed by atoms with Crippen LogP contribution in [0, 0.1) is 11.8 Å². The van der Waals surface area contributed by atoms with Gasteiger partial charge in [0.2, 0.25) is 5.91 Å². The van der Waals surface area contributed by atoms with Crippen molar-refractivity contribution in [2.45, 2.75) is 44.1 Å². The first-order valence-corrected chi connectivity index (χ1v) is 12.7. The van der Waals surface area contributed by atoms with Crippen LogP contribution in [0.2, 0.25) is 0 Å². The molecule has 0 bridgehead atoms. The highest BCUT2D eigenvalue weighted by atomic mass is 16.4. The minimum absolute atomic E-state index is 0.0280. The molecule has 2 aromatic carbocycles. The highest BCUT2D eigenvalue weighted by Gasteiger charge is 2.44. The maximum absolute atomic E-state index is 14.0. The van der Waals surface area contributed by atoms with Crippen molar-refractivity contribution in [2.75, 3.05) is 13.1 Å². The molecule has 0 spiro atoms. The Labute approximate surface area is 210 Å². The lowest BCUT2D eigenvalue weighted by atomic mass is 9.80. The van der Waals surface area contributed by atoms with Crippen LogP contribution in [0.5, 0.6) is 0 Å². The molecule has 2 unspecified atom stereocenters. The van der Waals surface area contributed by atoms with Crippen molar-refractivity contribution >= 4 is 28.7 Å². The van der Waals surface area contributed by atoms with Crippen LogP contribution in [0.4, 0.5) is 4.79 Å². The van der Waals surface area contributed by atoms with Crippen LogP contribution in [0.1, 0.15) is 53.9 Å². The van der Waals surface area contributed by atoms with Gasteiger partial charge in [-0.1, -0.05) is 36.4 Å². The molecule has 1 aromatic heterocycles. The van der Waals surface area contributed by atoms with Crippen molar-refractivity contribution in [1.82, 2.24) is 15.2 Å². The van der Waals surface area contributed by atoms with Gasteiger partial charge in [0.15, 0.2) is 5.78 Å². The molecule has 2 N–H and O–H groups in total. The lowest BCUT2D eigenvalue weighted by Crippen LogP contribution is -2.46. The van der Waals surface area contributed by atoms with Gasteiger partial charge in [0.05, 0.1) is 5.52 Å². The summed E-state index contributed by atoms with van der Waals surface area (Å²) < 4.78 is 0. The molecule has 2 heterocycles. The normalized spacial score (nSPS) is 23.9. The van der Waals surface area contributed by atoms with Gasteiger partial charge in [0.1, 0.15) is 6.04 Å². The SMILES string of the molecule is O=C(O)NCC1CCC(C(=O)N2CCC(c3ccccc3)C2C(=O)c2ccc3ncccc3c2)CC1. The summed E-state index contributed by atoms with van der Waals surface area (Å²) in [5, 5.41) is 12.2. The second-order valence-corrected chi connectivity index (χ2v) is 9.96. The van der Waals surface area contributed by atoms with Crippen LogP contribution in [-0.2, 0) is 4.79 Å². The summed E-state index contributed by atoms with van der Waals surface area (Å²) in [4.78, 5) is 44.8. The molecule has 1 saturated heterocycles. The number of aromatic nitrogens is 1. The predicted octanol–water partition coefficient (Wildman–Crippen LogP) is 4.88. The van der Waals surface area contributed by atoms with Crippen molar-refractivity contribution in [3.63, 3.8) is 0 Å². The first-order valence-electron chi connectivity index (χ1n) is 12.7. The molecule has 7 heteroatoms. The van der Waals surface area contributed by atoms with E-state index >= 15 is 0 Å². The summed E-state index contributed by atoms with van der Waals surface area (Å²) in [6.07, 6.45) is 4.53. The lowest BCUT2D eigenvalue weighted by molar-refractivity contribution is -0.137. The second kappa shape index (κ2) is 10.5. The quantitative estimate of drug-likeness (QED) is 0.485. The largest absolute Gasteiger partial charge is 0.465 e. The van der Waals surface area contributed by atoms with E-state index in [0.717, 1.165) is 48.6 Å². The van der Waals surface area contributed by atoms with Crippen molar-refractivity contribution in [1.29, 1.82) is 0 Å². The van der Waals surface area contributed by atoms with E-state index in [0.29, 0.717) is 18.7 Å². The van der Waals surface area contributed by atoms with Crippen LogP contribution in [-0.4, -0.2) is 51.9 Å². The molecule has 1 saturated carbocycles. The molecule has 2 aliphatic rings. The Morgan fingerprint density at radius 2 is 1.72 bits per heavy atom. The molecular weight excluding hydrogens is 454 g/mol. The van der Waals surface area contributed by atoms with E-state index in [1.807, 2.05) is 65.6 Å². The zero-order valence-corrected chi connectivity index (χ0v) is 20.2. The number of ketones is 1. The first-order chi connectivity index (χ1) is 17.5. The third-order valence-electron chi connectivity index (χ3n) is 7.80. The molecule has 1 aliphatic heterocycles. The van der Waals surface area contributed by atoms with Gasteiger partial charge in [-0.2, -0.15) is 0 Å². The van der Waals surface area contributed by atoms with Gasteiger partial charge in [-0.15, -0.1) is 0 Å². The number of Topliss-reactive ketones (excluding diaryl/α,β-unsaturated/α-hetero) is 1. The summed E-state index contributed by atoms with van der Waals surface area (Å²) in [7, 11) is 0. The van der Waals surface area contributed by atoms with E-state index < -0.39 is 12.1 Å². The fraction of sp³-hybridized carbons (Fsp3) is 0.379. The molecule has 36 heavy (non-hydrogen) atoms. The molecule has 1 aliphatic carbocycles. The van der Waals surface area contributed by atoms with E-state index in [1.165, 1.54) is 0 Å². The van der Waals surface area contributed by atoms with Gasteiger partial charge in [-0.3, -0.25) is 14.6 Å².